The number of thioether (sulfide) groups is 1. The first-order valence-electron chi connectivity index (χ1n) is 8.72. The van der Waals surface area contributed by atoms with Crippen molar-refractivity contribution in [3.8, 4) is 0 Å². The molecule has 0 atom stereocenters. The lowest BCUT2D eigenvalue weighted by Gasteiger charge is -2.09. The van der Waals surface area contributed by atoms with E-state index in [4.69, 9.17) is 0 Å². The van der Waals surface area contributed by atoms with Crippen molar-refractivity contribution in [2.45, 2.75) is 25.5 Å². The third-order valence-corrected chi connectivity index (χ3v) is 4.83. The molecular weight excluding hydrogens is 363 g/mol. The van der Waals surface area contributed by atoms with Gasteiger partial charge >= 0.3 is 0 Å². The first-order chi connectivity index (χ1) is 13.1. The van der Waals surface area contributed by atoms with Crippen molar-refractivity contribution >= 4 is 34.4 Å². The van der Waals surface area contributed by atoms with E-state index in [1.54, 1.807) is 19.1 Å². The summed E-state index contributed by atoms with van der Waals surface area (Å²) in [5.74, 6) is 0.540. The Labute approximate surface area is 161 Å². The molecule has 0 saturated carbocycles. The number of anilines is 1. The number of para-hydroxylation sites is 1. The number of hydrogen-bond donors (Lipinski definition) is 2. The van der Waals surface area contributed by atoms with E-state index in [0.717, 1.165) is 28.8 Å². The van der Waals surface area contributed by atoms with Crippen LogP contribution in [-0.4, -0.2) is 28.2 Å². The fraction of sp³-hybridized carbons (Fsp3) is 0.250. The van der Waals surface area contributed by atoms with Crippen LogP contribution in [0, 0.1) is 12.7 Å². The summed E-state index contributed by atoms with van der Waals surface area (Å²) in [6.45, 7) is 4.75. The highest BCUT2D eigenvalue weighted by molar-refractivity contribution is 7.99. The van der Waals surface area contributed by atoms with Gasteiger partial charge in [-0.25, -0.2) is 14.4 Å². The van der Waals surface area contributed by atoms with Crippen molar-refractivity contribution in [3.05, 3.63) is 59.4 Å². The van der Waals surface area contributed by atoms with Gasteiger partial charge in [-0.15, -0.1) is 0 Å². The van der Waals surface area contributed by atoms with Gasteiger partial charge in [-0.1, -0.05) is 36.0 Å². The maximum absolute atomic E-state index is 13.6. The van der Waals surface area contributed by atoms with Gasteiger partial charge in [-0.2, -0.15) is 0 Å². The van der Waals surface area contributed by atoms with E-state index in [1.807, 2.05) is 31.2 Å². The van der Waals surface area contributed by atoms with E-state index in [0.29, 0.717) is 10.7 Å². The van der Waals surface area contributed by atoms with Crippen molar-refractivity contribution in [2.75, 3.05) is 17.6 Å². The largest absolute Gasteiger partial charge is 0.370 e. The van der Waals surface area contributed by atoms with E-state index >= 15 is 0 Å². The lowest BCUT2D eigenvalue weighted by Crippen LogP contribution is -2.24. The number of nitrogens with zero attached hydrogens (tertiary/aromatic N) is 2. The molecule has 0 saturated heterocycles. The maximum atomic E-state index is 13.6. The summed E-state index contributed by atoms with van der Waals surface area (Å²) in [5.41, 5.74) is 2.15. The van der Waals surface area contributed by atoms with Crippen molar-refractivity contribution in [3.63, 3.8) is 0 Å². The standard InChI is InChI=1S/C20H21FN4OS/c1-3-22-19-15-6-4-5-7-17(15)24-20(25-19)27-12-18(26)23-11-14-9-8-13(2)16(21)10-14/h4-10H,3,11-12H2,1-2H3,(H,23,26)(H,22,24,25). The Balaban J connectivity index is 1.62. The Morgan fingerprint density at radius 3 is 2.78 bits per heavy atom. The Morgan fingerprint density at radius 2 is 2.00 bits per heavy atom. The Morgan fingerprint density at radius 1 is 1.19 bits per heavy atom. The number of benzene rings is 2. The minimum absolute atomic E-state index is 0.150. The number of fused-ring (bicyclic) bond motifs is 1. The summed E-state index contributed by atoms with van der Waals surface area (Å²) in [7, 11) is 0. The zero-order valence-corrected chi connectivity index (χ0v) is 16.1. The van der Waals surface area contributed by atoms with Crippen LogP contribution in [-0.2, 0) is 11.3 Å². The van der Waals surface area contributed by atoms with Crippen molar-refractivity contribution in [2.24, 2.45) is 0 Å². The molecule has 0 aliphatic carbocycles. The average Bonchev–Trinajstić information content (AvgIpc) is 2.67. The molecule has 2 aromatic carbocycles. The predicted octanol–water partition coefficient (Wildman–Crippen LogP) is 3.92. The summed E-state index contributed by atoms with van der Waals surface area (Å²) < 4.78 is 13.6. The minimum atomic E-state index is -0.267. The Hall–Kier alpha value is -2.67. The monoisotopic (exact) mass is 384 g/mol. The molecule has 2 N–H and O–H groups in total. The molecule has 0 aliphatic heterocycles. The minimum Gasteiger partial charge on any atom is -0.370 e. The van der Waals surface area contributed by atoms with Crippen molar-refractivity contribution in [1.29, 1.82) is 0 Å². The van der Waals surface area contributed by atoms with Gasteiger partial charge < -0.3 is 10.6 Å². The molecule has 0 radical (unpaired) electrons. The molecule has 3 rings (SSSR count). The maximum Gasteiger partial charge on any atom is 0.230 e. The predicted molar refractivity (Wildman–Crippen MR) is 107 cm³/mol. The second-order valence-electron chi connectivity index (χ2n) is 6.05. The third kappa shape index (κ3) is 4.95. The summed E-state index contributed by atoms with van der Waals surface area (Å²) in [6, 6.07) is 12.7. The molecule has 7 heteroatoms. The van der Waals surface area contributed by atoms with E-state index in [9.17, 15) is 9.18 Å². The number of carbonyl (C=O) groups excluding carboxylic acids is 1. The lowest BCUT2D eigenvalue weighted by atomic mass is 10.1. The van der Waals surface area contributed by atoms with Gasteiger partial charge in [-0.3, -0.25) is 4.79 Å². The first kappa shape index (κ1) is 19.1. The molecule has 1 heterocycles. The van der Waals surface area contributed by atoms with Crippen LogP contribution >= 0.6 is 11.8 Å². The summed E-state index contributed by atoms with van der Waals surface area (Å²) in [5, 5.41) is 7.53. The smallest absolute Gasteiger partial charge is 0.230 e. The van der Waals surface area contributed by atoms with Crippen molar-refractivity contribution in [1.82, 2.24) is 15.3 Å². The first-order valence-corrected chi connectivity index (χ1v) is 9.70. The fourth-order valence-electron chi connectivity index (χ4n) is 2.55. The zero-order chi connectivity index (χ0) is 19.2. The highest BCUT2D eigenvalue weighted by atomic mass is 32.2. The normalized spacial score (nSPS) is 10.8. The molecule has 0 bridgehead atoms. The second kappa shape index (κ2) is 8.81. The fourth-order valence-corrected chi connectivity index (χ4v) is 3.23. The highest BCUT2D eigenvalue weighted by Crippen LogP contribution is 2.24. The number of hydrogen-bond acceptors (Lipinski definition) is 5. The number of rotatable bonds is 7. The molecule has 0 fully saturated rings. The van der Waals surface area contributed by atoms with E-state index in [-0.39, 0.29) is 24.0 Å². The van der Waals surface area contributed by atoms with Crippen LogP contribution in [0.4, 0.5) is 10.2 Å². The van der Waals surface area contributed by atoms with E-state index in [1.165, 1.54) is 17.8 Å². The summed E-state index contributed by atoms with van der Waals surface area (Å²) in [4.78, 5) is 21.1. The van der Waals surface area contributed by atoms with Crippen LogP contribution in [0.25, 0.3) is 10.9 Å². The van der Waals surface area contributed by atoms with Gasteiger partial charge in [0.15, 0.2) is 5.16 Å². The van der Waals surface area contributed by atoms with E-state index in [2.05, 4.69) is 20.6 Å². The van der Waals surface area contributed by atoms with Crippen LogP contribution in [0.1, 0.15) is 18.1 Å². The van der Waals surface area contributed by atoms with Crippen LogP contribution in [0.2, 0.25) is 0 Å². The van der Waals surface area contributed by atoms with E-state index < -0.39 is 0 Å². The number of halogens is 1. The summed E-state index contributed by atoms with van der Waals surface area (Å²) in [6.07, 6.45) is 0. The quantitative estimate of drug-likeness (QED) is 0.477. The third-order valence-electron chi connectivity index (χ3n) is 3.99. The molecule has 0 unspecified atom stereocenters. The topological polar surface area (TPSA) is 66.9 Å². The Kier molecular flexibility index (Phi) is 6.24. The average molecular weight is 384 g/mol. The van der Waals surface area contributed by atoms with Gasteiger partial charge in [0.2, 0.25) is 5.91 Å². The molecule has 1 aromatic heterocycles. The SMILES string of the molecule is CCNc1nc(SCC(=O)NCc2ccc(C)c(F)c2)nc2ccccc12. The molecule has 0 aliphatic rings. The van der Waals surface area contributed by atoms with Gasteiger partial charge in [0.1, 0.15) is 11.6 Å². The number of aryl methyl sites for hydroxylation is 1. The molecule has 3 aromatic rings. The second-order valence-corrected chi connectivity index (χ2v) is 6.99. The molecular formula is C20H21FN4OS. The highest BCUT2D eigenvalue weighted by Gasteiger charge is 2.10. The zero-order valence-electron chi connectivity index (χ0n) is 15.3. The lowest BCUT2D eigenvalue weighted by molar-refractivity contribution is -0.118. The molecule has 27 heavy (non-hydrogen) atoms. The molecule has 5 nitrogen and oxygen atoms in total. The van der Waals surface area contributed by atoms with Crippen molar-refractivity contribution < 1.29 is 9.18 Å². The van der Waals surface area contributed by atoms with Gasteiger partial charge in [-0.05, 0) is 43.2 Å². The number of nitrogens with one attached hydrogen (secondary N) is 2. The molecule has 140 valence electrons. The number of aromatic nitrogens is 2. The molecule has 1 amide bonds. The summed E-state index contributed by atoms with van der Waals surface area (Å²) >= 11 is 1.28. The Bertz CT molecular complexity index is 964. The van der Waals surface area contributed by atoms with Crippen LogP contribution in [0.5, 0.6) is 0 Å². The van der Waals surface area contributed by atoms with Gasteiger partial charge in [0, 0.05) is 18.5 Å². The van der Waals surface area contributed by atoms with Gasteiger partial charge in [0.25, 0.3) is 0 Å². The van der Waals surface area contributed by atoms with Crippen LogP contribution < -0.4 is 10.6 Å². The number of carbonyl (C=O) groups is 1. The number of amides is 1. The molecule has 0 spiro atoms. The van der Waals surface area contributed by atoms with Crippen LogP contribution in [0.15, 0.2) is 47.6 Å². The van der Waals surface area contributed by atoms with Crippen LogP contribution in [0.3, 0.4) is 0 Å². The van der Waals surface area contributed by atoms with Gasteiger partial charge in [0.05, 0.1) is 11.3 Å².